The quantitative estimate of drug-likeness (QED) is 0.172. The third-order valence-corrected chi connectivity index (χ3v) is 15.1. The summed E-state index contributed by atoms with van der Waals surface area (Å²) in [6.45, 7) is 9.63. The first-order valence-electron chi connectivity index (χ1n) is 22.1. The first-order valence-corrected chi connectivity index (χ1v) is 22.1. The molecule has 9 aromatic rings. The van der Waals surface area contributed by atoms with Gasteiger partial charge in [-0.2, -0.15) is 0 Å². The molecule has 0 bridgehead atoms. The Morgan fingerprint density at radius 2 is 0.726 bits per heavy atom. The Hall–Kier alpha value is -7.22. The van der Waals surface area contributed by atoms with Gasteiger partial charge in [-0.3, -0.25) is 0 Å². The standard InChI is InChI=1S/C61H45N/c1-59(2)48-27-15-11-23-42(48)45-33-31-41(36-53(45)59)62(39-21-9-6-10-22-39)40-32-34-49-47(35-40)58-54(60(49,3)4)37-55-57(56(58)38-19-7-5-8-20-38)46-26-14-18-30-52(46)61(55)50-28-16-12-24-43(50)44-25-13-17-29-51(44)61/h5-37H,1-4H3. The van der Waals surface area contributed by atoms with Gasteiger partial charge in [-0.15, -0.1) is 0 Å². The predicted octanol–water partition coefficient (Wildman–Crippen LogP) is 15.8. The van der Waals surface area contributed by atoms with Crippen molar-refractivity contribution in [3.8, 4) is 55.6 Å². The summed E-state index contributed by atoms with van der Waals surface area (Å²) in [5, 5.41) is 0. The summed E-state index contributed by atoms with van der Waals surface area (Å²) in [5.74, 6) is 0. The summed E-state index contributed by atoms with van der Waals surface area (Å²) >= 11 is 0. The lowest BCUT2D eigenvalue weighted by Gasteiger charge is -2.32. The van der Waals surface area contributed by atoms with Crippen LogP contribution in [0.5, 0.6) is 0 Å². The molecule has 1 heteroatoms. The summed E-state index contributed by atoms with van der Waals surface area (Å²) in [6, 6.07) is 75.7. The van der Waals surface area contributed by atoms with Gasteiger partial charge in [0.1, 0.15) is 0 Å². The minimum Gasteiger partial charge on any atom is -0.310 e. The average Bonchev–Trinajstić information content (AvgIpc) is 3.94. The van der Waals surface area contributed by atoms with Gasteiger partial charge >= 0.3 is 0 Å². The lowest BCUT2D eigenvalue weighted by molar-refractivity contribution is 0.657. The zero-order valence-corrected chi connectivity index (χ0v) is 35.5. The highest BCUT2D eigenvalue weighted by molar-refractivity contribution is 6.07. The van der Waals surface area contributed by atoms with Crippen molar-refractivity contribution in [3.63, 3.8) is 0 Å². The van der Waals surface area contributed by atoms with Crippen molar-refractivity contribution >= 4 is 17.1 Å². The fraction of sp³-hybridized carbons (Fsp3) is 0.115. The van der Waals surface area contributed by atoms with Crippen LogP contribution < -0.4 is 4.90 Å². The van der Waals surface area contributed by atoms with Crippen molar-refractivity contribution in [3.05, 3.63) is 245 Å². The number of hydrogen-bond acceptors (Lipinski definition) is 1. The minimum absolute atomic E-state index is 0.107. The van der Waals surface area contributed by atoms with E-state index < -0.39 is 5.41 Å². The summed E-state index contributed by atoms with van der Waals surface area (Å²) in [7, 11) is 0. The maximum atomic E-state index is 2.63. The molecule has 0 saturated heterocycles. The normalized spacial score (nSPS) is 15.5. The maximum Gasteiger partial charge on any atom is 0.0725 e. The van der Waals surface area contributed by atoms with Crippen LogP contribution in [-0.2, 0) is 16.2 Å². The van der Waals surface area contributed by atoms with Crippen molar-refractivity contribution in [2.75, 3.05) is 4.90 Å². The molecule has 4 aliphatic rings. The Labute approximate surface area is 364 Å². The van der Waals surface area contributed by atoms with Crippen molar-refractivity contribution in [2.24, 2.45) is 0 Å². The van der Waals surface area contributed by atoms with Crippen molar-refractivity contribution in [1.82, 2.24) is 0 Å². The number of benzene rings is 9. The van der Waals surface area contributed by atoms with Crippen LogP contribution >= 0.6 is 0 Å². The van der Waals surface area contributed by atoms with Crippen LogP contribution in [0, 0.1) is 0 Å². The van der Waals surface area contributed by atoms with Crippen LogP contribution in [0.2, 0.25) is 0 Å². The first kappa shape index (κ1) is 35.5. The second-order valence-electron chi connectivity index (χ2n) is 18.8. The molecule has 0 aliphatic heterocycles. The van der Waals surface area contributed by atoms with Crippen molar-refractivity contribution in [2.45, 2.75) is 43.9 Å². The SMILES string of the molecule is CC1(C)c2ccccc2-c2ccc(N(c3ccccc3)c3ccc4c(c3)-c3c(cc5c(c3-c3ccccc3)-c3ccccc3C53c5ccccc5-c5ccccc53)C4(C)C)cc21. The Kier molecular flexibility index (Phi) is 7.12. The lowest BCUT2D eigenvalue weighted by Crippen LogP contribution is -2.26. The average molecular weight is 792 g/mol. The van der Waals surface area contributed by atoms with E-state index in [4.69, 9.17) is 0 Å². The summed E-state index contributed by atoms with van der Waals surface area (Å²) in [5.41, 5.74) is 27.0. The molecule has 0 atom stereocenters. The number of nitrogens with zero attached hydrogens (tertiary/aromatic N) is 1. The Morgan fingerprint density at radius 3 is 1.39 bits per heavy atom. The van der Waals surface area contributed by atoms with Gasteiger partial charge in [0.25, 0.3) is 0 Å². The van der Waals surface area contributed by atoms with E-state index in [0.29, 0.717) is 0 Å². The third-order valence-electron chi connectivity index (χ3n) is 15.1. The number of para-hydroxylation sites is 1. The predicted molar refractivity (Wildman–Crippen MR) is 258 cm³/mol. The van der Waals surface area contributed by atoms with Gasteiger partial charge < -0.3 is 4.90 Å². The van der Waals surface area contributed by atoms with Gasteiger partial charge in [0.2, 0.25) is 0 Å². The van der Waals surface area contributed by atoms with Crippen LogP contribution in [0.4, 0.5) is 17.1 Å². The number of hydrogen-bond donors (Lipinski definition) is 0. The first-order chi connectivity index (χ1) is 30.3. The van der Waals surface area contributed by atoms with Crippen LogP contribution in [0.25, 0.3) is 55.6 Å². The molecule has 13 rings (SSSR count). The Balaban J connectivity index is 1.09. The van der Waals surface area contributed by atoms with Gasteiger partial charge in [0, 0.05) is 27.9 Å². The smallest absolute Gasteiger partial charge is 0.0725 e. The molecule has 0 amide bonds. The minimum atomic E-state index is -0.432. The van der Waals surface area contributed by atoms with Crippen LogP contribution in [0.15, 0.2) is 200 Å². The highest BCUT2D eigenvalue weighted by Gasteiger charge is 2.54. The molecule has 0 heterocycles. The number of anilines is 3. The molecule has 294 valence electrons. The number of rotatable bonds is 4. The van der Waals surface area contributed by atoms with E-state index in [9.17, 15) is 0 Å². The lowest BCUT2D eigenvalue weighted by atomic mass is 9.69. The molecule has 4 aliphatic carbocycles. The molecule has 62 heavy (non-hydrogen) atoms. The monoisotopic (exact) mass is 791 g/mol. The van der Waals surface area contributed by atoms with E-state index in [1.807, 2.05) is 0 Å². The molecule has 0 saturated carbocycles. The highest BCUT2D eigenvalue weighted by atomic mass is 15.1. The number of fused-ring (bicyclic) bond motifs is 16. The molecule has 0 fully saturated rings. The van der Waals surface area contributed by atoms with Crippen LogP contribution in [0.1, 0.15) is 72.2 Å². The largest absolute Gasteiger partial charge is 0.310 e. The summed E-state index contributed by atoms with van der Waals surface area (Å²) in [4.78, 5) is 2.47. The Bertz CT molecular complexity index is 3300. The third kappa shape index (κ3) is 4.43. The molecule has 9 aromatic carbocycles. The van der Waals surface area contributed by atoms with E-state index in [0.717, 1.165) is 11.4 Å². The van der Waals surface area contributed by atoms with E-state index >= 15 is 0 Å². The van der Waals surface area contributed by atoms with Crippen LogP contribution in [-0.4, -0.2) is 0 Å². The zero-order valence-electron chi connectivity index (χ0n) is 35.5. The van der Waals surface area contributed by atoms with Crippen molar-refractivity contribution < 1.29 is 0 Å². The van der Waals surface area contributed by atoms with Gasteiger partial charge in [0.05, 0.1) is 5.41 Å². The molecule has 1 nitrogen and oxygen atoms in total. The maximum absolute atomic E-state index is 2.63. The summed E-state index contributed by atoms with van der Waals surface area (Å²) < 4.78 is 0. The molecule has 0 aromatic heterocycles. The topological polar surface area (TPSA) is 3.24 Å². The zero-order chi connectivity index (χ0) is 41.5. The van der Waals surface area contributed by atoms with Gasteiger partial charge in [-0.05, 0) is 137 Å². The Morgan fingerprint density at radius 1 is 0.274 bits per heavy atom. The van der Waals surface area contributed by atoms with Crippen molar-refractivity contribution in [1.29, 1.82) is 0 Å². The molecule has 0 radical (unpaired) electrons. The fourth-order valence-electron chi connectivity index (χ4n) is 12.3. The molecular weight excluding hydrogens is 747 g/mol. The van der Waals surface area contributed by atoms with Gasteiger partial charge in [-0.1, -0.05) is 191 Å². The second kappa shape index (κ2) is 12.4. The van der Waals surface area contributed by atoms with E-state index in [1.165, 1.54) is 106 Å². The highest BCUT2D eigenvalue weighted by Crippen LogP contribution is 2.67. The van der Waals surface area contributed by atoms with Crippen LogP contribution in [0.3, 0.4) is 0 Å². The molecule has 1 spiro atoms. The van der Waals surface area contributed by atoms with Gasteiger partial charge in [0.15, 0.2) is 0 Å². The second-order valence-corrected chi connectivity index (χ2v) is 18.8. The van der Waals surface area contributed by atoms with Gasteiger partial charge in [-0.25, -0.2) is 0 Å². The van der Waals surface area contributed by atoms with E-state index in [1.54, 1.807) is 0 Å². The molecule has 0 unspecified atom stereocenters. The fourth-order valence-corrected chi connectivity index (χ4v) is 12.3. The van der Waals surface area contributed by atoms with E-state index in [-0.39, 0.29) is 10.8 Å². The molecular formula is C61H45N. The van der Waals surface area contributed by atoms with E-state index in [2.05, 4.69) is 233 Å². The summed E-state index contributed by atoms with van der Waals surface area (Å²) in [6.07, 6.45) is 0. The molecule has 0 N–H and O–H groups in total.